The summed E-state index contributed by atoms with van der Waals surface area (Å²) in [5.74, 6) is -1.22. The smallest absolute Gasteiger partial charge is 0.342 e. The summed E-state index contributed by atoms with van der Waals surface area (Å²) >= 11 is 0. The van der Waals surface area contributed by atoms with Gasteiger partial charge < -0.3 is 24.7 Å². The lowest BCUT2D eigenvalue weighted by atomic mass is 9.89. The van der Waals surface area contributed by atoms with E-state index in [0.717, 1.165) is 25.7 Å². The van der Waals surface area contributed by atoms with Crippen molar-refractivity contribution >= 4 is 30.5 Å². The maximum atomic E-state index is 14.2. The van der Waals surface area contributed by atoms with Crippen LogP contribution in [0.1, 0.15) is 45.1 Å². The summed E-state index contributed by atoms with van der Waals surface area (Å²) in [5, 5.41) is 22.1. The van der Waals surface area contributed by atoms with Crippen molar-refractivity contribution in [1.29, 1.82) is 5.26 Å². The Bertz CT molecular complexity index is 1370. The molecule has 202 valence electrons. The first-order chi connectivity index (χ1) is 18.2. The number of carboxylic acid groups (broad SMARTS) is 1. The zero-order valence-electron chi connectivity index (χ0n) is 21.4. The maximum absolute atomic E-state index is 14.2. The molecule has 0 bridgehead atoms. The van der Waals surface area contributed by atoms with E-state index in [1.807, 2.05) is 13.0 Å². The predicted molar refractivity (Wildman–Crippen MR) is 140 cm³/mol. The van der Waals surface area contributed by atoms with Gasteiger partial charge in [0.2, 0.25) is 0 Å². The molecule has 13 heteroatoms. The Kier molecular flexibility index (Phi) is 8.62. The zero-order valence-corrected chi connectivity index (χ0v) is 22.3. The van der Waals surface area contributed by atoms with Gasteiger partial charge in [0.25, 0.3) is 0 Å². The fourth-order valence-electron chi connectivity index (χ4n) is 4.79. The summed E-state index contributed by atoms with van der Waals surface area (Å²) in [6, 6.07) is 7.81. The van der Waals surface area contributed by atoms with Gasteiger partial charge in [0, 0.05) is 6.04 Å². The van der Waals surface area contributed by atoms with Gasteiger partial charge in [0.1, 0.15) is 23.9 Å². The third-order valence-electron chi connectivity index (χ3n) is 6.81. The van der Waals surface area contributed by atoms with Gasteiger partial charge in [-0.1, -0.05) is 25.8 Å². The number of rotatable bonds is 12. The molecule has 3 unspecified atom stereocenters. The third-order valence-corrected chi connectivity index (χ3v) is 8.50. The molecule has 0 saturated heterocycles. The highest BCUT2D eigenvalue weighted by atomic mass is 31.2. The van der Waals surface area contributed by atoms with E-state index in [1.54, 1.807) is 36.0 Å². The van der Waals surface area contributed by atoms with Crippen LogP contribution in [0.15, 0.2) is 36.9 Å². The lowest BCUT2D eigenvalue weighted by Gasteiger charge is -2.32. The fourth-order valence-corrected chi connectivity index (χ4v) is 6.77. The molecule has 1 aromatic carbocycles. The van der Waals surface area contributed by atoms with Gasteiger partial charge in [-0.25, -0.2) is 20.0 Å². The number of carboxylic acids is 1. The number of nitriles is 1. The molecule has 1 saturated carbocycles. The third kappa shape index (κ3) is 6.48. The summed E-state index contributed by atoms with van der Waals surface area (Å²) in [5.41, 5.74) is 7.25. The van der Waals surface area contributed by atoms with Gasteiger partial charge in [0.15, 0.2) is 11.5 Å². The first-order valence-electron chi connectivity index (χ1n) is 12.5. The quantitative estimate of drug-likeness (QED) is 0.284. The van der Waals surface area contributed by atoms with Crippen LogP contribution in [0.25, 0.3) is 11.2 Å². The number of benzene rings is 1. The molecule has 2 aromatic heterocycles. The van der Waals surface area contributed by atoms with Crippen LogP contribution in [-0.2, 0) is 20.6 Å². The predicted octanol–water partition coefficient (Wildman–Crippen LogP) is 3.78. The molecule has 0 spiro atoms. The first kappa shape index (κ1) is 27.5. The van der Waals surface area contributed by atoms with E-state index in [1.165, 1.54) is 12.4 Å². The van der Waals surface area contributed by atoms with Crippen LogP contribution in [0.3, 0.4) is 0 Å². The van der Waals surface area contributed by atoms with E-state index < -0.39 is 31.6 Å². The van der Waals surface area contributed by atoms with E-state index in [-0.39, 0.29) is 23.8 Å². The van der Waals surface area contributed by atoms with E-state index in [4.69, 9.17) is 15.0 Å². The molecule has 4 N–H and O–H groups in total. The first-order valence-corrected chi connectivity index (χ1v) is 14.3. The molecule has 3 aromatic rings. The number of hydrogen-bond donors (Lipinski definition) is 3. The molecule has 1 aliphatic rings. The van der Waals surface area contributed by atoms with Gasteiger partial charge >= 0.3 is 13.5 Å². The van der Waals surface area contributed by atoms with Gasteiger partial charge in [0.05, 0.1) is 36.5 Å². The second-order valence-corrected chi connectivity index (χ2v) is 11.7. The molecule has 38 heavy (non-hydrogen) atoms. The maximum Gasteiger partial charge on any atom is 0.342 e. The second kappa shape index (κ2) is 11.9. The number of ether oxygens (including phenoxy) is 1. The monoisotopic (exact) mass is 541 g/mol. The van der Waals surface area contributed by atoms with Gasteiger partial charge in [-0.05, 0) is 43.9 Å². The summed E-state index contributed by atoms with van der Waals surface area (Å²) in [4.78, 5) is 24.4. The lowest BCUT2D eigenvalue weighted by molar-refractivity contribution is -0.142. The number of nitrogens with two attached hydrogens (primary N) is 1. The largest absolute Gasteiger partial charge is 0.481 e. The van der Waals surface area contributed by atoms with Crippen LogP contribution in [-0.4, -0.2) is 49.1 Å². The van der Waals surface area contributed by atoms with Crippen molar-refractivity contribution in [2.45, 2.75) is 58.2 Å². The Hall–Kier alpha value is -3.52. The number of nitrogens with one attached hydrogen (secondary N) is 1. The van der Waals surface area contributed by atoms with Crippen molar-refractivity contribution in [2.75, 3.05) is 12.1 Å². The zero-order chi connectivity index (χ0) is 27.3. The van der Waals surface area contributed by atoms with Crippen molar-refractivity contribution in [3.63, 3.8) is 0 Å². The number of hydrogen-bond acceptors (Lipinski definition) is 9. The lowest BCUT2D eigenvalue weighted by Crippen LogP contribution is -2.43. The Balaban J connectivity index is 1.55. The average Bonchev–Trinajstić information content (AvgIpc) is 3.57. The van der Waals surface area contributed by atoms with Crippen molar-refractivity contribution in [3.8, 4) is 11.8 Å². The minimum Gasteiger partial charge on any atom is -0.481 e. The van der Waals surface area contributed by atoms with Crippen molar-refractivity contribution in [3.05, 3.63) is 42.5 Å². The molecule has 0 aliphatic heterocycles. The molecular formula is C25H32N7O5P. The standard InChI is InChI=1S/C25H32N7O5P/c1-16(12-32-14-30-22-23(27)28-13-29-24(22)32)36-15-38(35,37-20-9-5-6-18(10-20)11-26)31-21(17(2)25(33)34)19-7-3-4-8-19/h5-6,9-10,13-14,16-17,19,21H,3-4,7-8,12,15H2,1-2H3,(H,31,35)(H,33,34)(H2,27,28,29)/t16-,17?,21?,38?/m1/s1. The molecule has 0 amide bonds. The molecular weight excluding hydrogens is 509 g/mol. The number of fused-ring (bicyclic) bond motifs is 1. The van der Waals surface area contributed by atoms with Gasteiger partial charge in [-0.15, -0.1) is 0 Å². The number of aliphatic carboxylic acids is 1. The number of nitrogens with zero attached hydrogens (tertiary/aromatic N) is 5. The van der Waals surface area contributed by atoms with Gasteiger partial charge in [-0.3, -0.25) is 9.36 Å². The minimum absolute atomic E-state index is 0.0448. The Labute approximate surface area is 220 Å². The fraction of sp³-hybridized carbons (Fsp3) is 0.480. The SMILES string of the molecule is CC(C(=O)O)C(NP(=O)(CO[C@H](C)Cn1cnc2c(N)ncnc21)Oc1cccc(C#N)c1)C1CCCC1. The molecule has 1 aliphatic carbocycles. The van der Waals surface area contributed by atoms with Crippen LogP contribution < -0.4 is 15.3 Å². The Morgan fingerprint density at radius 3 is 2.79 bits per heavy atom. The number of nitrogen functional groups attached to an aromatic ring is 1. The highest BCUT2D eigenvalue weighted by molar-refractivity contribution is 7.57. The Morgan fingerprint density at radius 2 is 2.08 bits per heavy atom. The van der Waals surface area contributed by atoms with Crippen LogP contribution in [0.5, 0.6) is 5.75 Å². The molecule has 0 radical (unpaired) electrons. The topological polar surface area (TPSA) is 178 Å². The number of carbonyl (C=O) groups is 1. The van der Waals surface area contributed by atoms with Crippen LogP contribution in [0.4, 0.5) is 5.82 Å². The normalized spacial score (nSPS) is 17.9. The minimum atomic E-state index is -3.79. The van der Waals surface area contributed by atoms with E-state index in [0.29, 0.717) is 23.3 Å². The van der Waals surface area contributed by atoms with Crippen LogP contribution in [0, 0.1) is 23.2 Å². The highest BCUT2D eigenvalue weighted by Crippen LogP contribution is 2.47. The number of imidazole rings is 1. The average molecular weight is 542 g/mol. The van der Waals surface area contributed by atoms with E-state index in [2.05, 4.69) is 20.0 Å². The van der Waals surface area contributed by atoms with Crippen LogP contribution >= 0.6 is 7.52 Å². The highest BCUT2D eigenvalue weighted by Gasteiger charge is 2.39. The van der Waals surface area contributed by atoms with Crippen LogP contribution in [0.2, 0.25) is 0 Å². The van der Waals surface area contributed by atoms with Crippen molar-refractivity contribution in [2.24, 2.45) is 11.8 Å². The number of anilines is 1. The van der Waals surface area contributed by atoms with E-state index in [9.17, 15) is 19.7 Å². The Morgan fingerprint density at radius 1 is 1.32 bits per heavy atom. The van der Waals surface area contributed by atoms with Gasteiger partial charge in [-0.2, -0.15) is 5.26 Å². The second-order valence-electron chi connectivity index (χ2n) is 9.67. The summed E-state index contributed by atoms with van der Waals surface area (Å²) < 4.78 is 28.0. The molecule has 1 fully saturated rings. The summed E-state index contributed by atoms with van der Waals surface area (Å²) in [6.07, 6.45) is 5.86. The summed E-state index contributed by atoms with van der Waals surface area (Å²) in [7, 11) is -3.79. The molecule has 2 heterocycles. The number of aromatic nitrogens is 4. The van der Waals surface area contributed by atoms with E-state index >= 15 is 0 Å². The molecule has 12 nitrogen and oxygen atoms in total. The molecule has 4 rings (SSSR count). The van der Waals surface area contributed by atoms with Crippen molar-refractivity contribution in [1.82, 2.24) is 24.6 Å². The van der Waals surface area contributed by atoms with Crippen molar-refractivity contribution < 1.29 is 23.7 Å². The molecule has 4 atom stereocenters. The summed E-state index contributed by atoms with van der Waals surface area (Å²) in [6.45, 7) is 3.76.